The molecule has 0 spiro atoms. The Morgan fingerprint density at radius 3 is 2.81 bits per heavy atom. The molecule has 0 bridgehead atoms. The zero-order valence-corrected chi connectivity index (χ0v) is 10.5. The Hall–Kier alpha value is -1.22. The van der Waals surface area contributed by atoms with Crippen molar-refractivity contribution in [2.75, 3.05) is 5.88 Å². The Bertz CT molecular complexity index is 388. The lowest BCUT2D eigenvalue weighted by Gasteiger charge is -2.20. The normalized spacial score (nSPS) is 12.0. The molecule has 1 heterocycles. The smallest absolute Gasteiger partial charge is 0.418 e. The Morgan fingerprint density at radius 2 is 2.25 bits per heavy atom. The van der Waals surface area contributed by atoms with Crippen LogP contribution in [0.5, 0.6) is 0 Å². The number of hydrogen-bond acceptors (Lipinski definition) is 2. The molecule has 1 aromatic rings. The van der Waals surface area contributed by atoms with Crippen molar-refractivity contribution in [2.45, 2.75) is 26.4 Å². The molecule has 0 N–H and O–H groups in total. The third kappa shape index (κ3) is 3.74. The first-order valence-electron chi connectivity index (χ1n) is 5.07. The third-order valence-corrected chi connectivity index (χ3v) is 1.93. The molecule has 0 atom stereocenters. The lowest BCUT2D eigenvalue weighted by molar-refractivity contribution is 0.0536. The van der Waals surface area contributed by atoms with Crippen LogP contribution in [-0.4, -0.2) is 22.1 Å². The zero-order valence-electron chi connectivity index (χ0n) is 9.74. The van der Waals surface area contributed by atoms with Crippen LogP contribution < -0.4 is 0 Å². The van der Waals surface area contributed by atoms with Gasteiger partial charge >= 0.3 is 6.09 Å². The maximum absolute atomic E-state index is 11.8. The van der Waals surface area contributed by atoms with E-state index in [-0.39, 0.29) is 6.09 Å². The van der Waals surface area contributed by atoms with Crippen molar-refractivity contribution in [3.05, 3.63) is 30.1 Å². The molecule has 4 heteroatoms. The molecule has 16 heavy (non-hydrogen) atoms. The van der Waals surface area contributed by atoms with E-state index < -0.39 is 5.60 Å². The number of halogens is 1. The molecule has 0 aliphatic carbocycles. The van der Waals surface area contributed by atoms with Gasteiger partial charge in [0.1, 0.15) is 5.60 Å². The maximum Gasteiger partial charge on any atom is 0.418 e. The molecular formula is C12H16ClNO2. The van der Waals surface area contributed by atoms with Gasteiger partial charge in [-0.15, -0.1) is 11.6 Å². The maximum atomic E-state index is 11.8. The van der Waals surface area contributed by atoms with Crippen molar-refractivity contribution < 1.29 is 9.53 Å². The predicted molar refractivity (Wildman–Crippen MR) is 65.8 cm³/mol. The van der Waals surface area contributed by atoms with Crippen molar-refractivity contribution in [2.24, 2.45) is 0 Å². The fourth-order valence-electron chi connectivity index (χ4n) is 1.17. The van der Waals surface area contributed by atoms with Crippen molar-refractivity contribution in [3.63, 3.8) is 0 Å². The van der Waals surface area contributed by atoms with Gasteiger partial charge in [-0.25, -0.2) is 4.79 Å². The summed E-state index contributed by atoms with van der Waals surface area (Å²) in [4.78, 5) is 11.8. The van der Waals surface area contributed by atoms with Gasteiger partial charge in [0.2, 0.25) is 0 Å². The van der Waals surface area contributed by atoms with Gasteiger partial charge in [0.05, 0.1) is 5.69 Å². The van der Waals surface area contributed by atoms with Gasteiger partial charge in [-0.1, -0.05) is 6.08 Å². The monoisotopic (exact) mass is 241 g/mol. The van der Waals surface area contributed by atoms with Gasteiger partial charge in [-0.3, -0.25) is 4.57 Å². The van der Waals surface area contributed by atoms with Crippen molar-refractivity contribution in [1.82, 2.24) is 4.57 Å². The van der Waals surface area contributed by atoms with Crippen LogP contribution in [0.2, 0.25) is 0 Å². The van der Waals surface area contributed by atoms with Crippen molar-refractivity contribution >= 4 is 23.8 Å². The van der Waals surface area contributed by atoms with E-state index in [9.17, 15) is 4.79 Å². The average Bonchev–Trinajstić information content (AvgIpc) is 2.59. The van der Waals surface area contributed by atoms with E-state index in [0.29, 0.717) is 5.88 Å². The lowest BCUT2D eigenvalue weighted by Crippen LogP contribution is -2.27. The van der Waals surface area contributed by atoms with Crippen LogP contribution in [0.25, 0.3) is 6.08 Å². The standard InChI is InChI=1S/C12H16ClNO2/c1-12(2,3)16-11(15)14-9-5-7-10(14)6-4-8-13/h4-7,9H,8H2,1-3H3. The second-order valence-electron chi connectivity index (χ2n) is 4.34. The van der Waals surface area contributed by atoms with Gasteiger partial charge in [-0.2, -0.15) is 0 Å². The summed E-state index contributed by atoms with van der Waals surface area (Å²) in [6.07, 6.45) is 4.85. The van der Waals surface area contributed by atoms with Gasteiger partial charge in [0.25, 0.3) is 0 Å². The number of aromatic nitrogens is 1. The number of alkyl halides is 1. The third-order valence-electron chi connectivity index (χ3n) is 1.75. The summed E-state index contributed by atoms with van der Waals surface area (Å²) in [5, 5.41) is 0. The van der Waals surface area contributed by atoms with Crippen molar-refractivity contribution in [3.8, 4) is 0 Å². The van der Waals surface area contributed by atoms with Crippen LogP contribution >= 0.6 is 11.6 Å². The topological polar surface area (TPSA) is 31.2 Å². The fraction of sp³-hybridized carbons (Fsp3) is 0.417. The summed E-state index contributed by atoms with van der Waals surface area (Å²) >= 11 is 5.54. The quantitative estimate of drug-likeness (QED) is 0.742. The van der Waals surface area contributed by atoms with Crippen LogP contribution in [-0.2, 0) is 4.74 Å². The summed E-state index contributed by atoms with van der Waals surface area (Å²) in [5.74, 6) is 0.416. The molecule has 0 aromatic carbocycles. The Labute approximate surface area is 101 Å². The van der Waals surface area contributed by atoms with E-state index >= 15 is 0 Å². The van der Waals surface area contributed by atoms with Crippen molar-refractivity contribution in [1.29, 1.82) is 0 Å². The van der Waals surface area contributed by atoms with Gasteiger partial charge in [-0.05, 0) is 39.0 Å². The number of ether oxygens (including phenoxy) is 1. The predicted octanol–water partition coefficient (Wildman–Crippen LogP) is 3.52. The number of allylic oxidation sites excluding steroid dienone is 1. The van der Waals surface area contributed by atoms with Gasteiger partial charge in [0, 0.05) is 12.1 Å². The van der Waals surface area contributed by atoms with Gasteiger partial charge in [0.15, 0.2) is 0 Å². The van der Waals surface area contributed by atoms with Crippen LogP contribution in [0, 0.1) is 0 Å². The molecule has 0 aliphatic heterocycles. The second-order valence-corrected chi connectivity index (χ2v) is 4.65. The highest BCUT2D eigenvalue weighted by Crippen LogP contribution is 2.12. The summed E-state index contributed by atoms with van der Waals surface area (Å²) in [5.41, 5.74) is 0.268. The van der Waals surface area contributed by atoms with E-state index in [1.165, 1.54) is 4.57 Å². The summed E-state index contributed by atoms with van der Waals surface area (Å²) in [6, 6.07) is 3.62. The molecule has 0 saturated heterocycles. The summed E-state index contributed by atoms with van der Waals surface area (Å²) in [6.45, 7) is 5.51. The van der Waals surface area contributed by atoms with E-state index in [1.807, 2.05) is 26.8 Å². The fourth-order valence-corrected chi connectivity index (χ4v) is 1.26. The molecule has 0 aliphatic rings. The van der Waals surface area contributed by atoms with E-state index in [0.717, 1.165) is 5.69 Å². The van der Waals surface area contributed by atoms with Crippen LogP contribution in [0.4, 0.5) is 4.79 Å². The molecule has 0 fully saturated rings. The Kier molecular flexibility index (Phi) is 4.19. The molecule has 0 amide bonds. The largest absolute Gasteiger partial charge is 0.443 e. The zero-order chi connectivity index (χ0) is 12.2. The minimum Gasteiger partial charge on any atom is -0.443 e. The van der Waals surface area contributed by atoms with Crippen LogP contribution in [0.1, 0.15) is 26.5 Å². The molecular weight excluding hydrogens is 226 g/mol. The summed E-state index contributed by atoms with van der Waals surface area (Å²) in [7, 11) is 0. The number of carbonyl (C=O) groups excluding carboxylic acids is 1. The number of carbonyl (C=O) groups is 1. The number of rotatable bonds is 2. The first kappa shape index (κ1) is 12.8. The second kappa shape index (κ2) is 5.21. The highest BCUT2D eigenvalue weighted by Gasteiger charge is 2.18. The van der Waals surface area contributed by atoms with Gasteiger partial charge < -0.3 is 4.74 Å². The first-order valence-corrected chi connectivity index (χ1v) is 5.61. The SMILES string of the molecule is CC(C)(C)OC(=O)n1cccc1C=CCCl. The Balaban J connectivity index is 2.84. The summed E-state index contributed by atoms with van der Waals surface area (Å²) < 4.78 is 6.71. The molecule has 1 rings (SSSR count). The lowest BCUT2D eigenvalue weighted by atomic mass is 10.2. The van der Waals surface area contributed by atoms with E-state index in [2.05, 4.69) is 0 Å². The van der Waals surface area contributed by atoms with E-state index in [4.69, 9.17) is 16.3 Å². The molecule has 0 radical (unpaired) electrons. The molecule has 0 saturated carbocycles. The molecule has 1 aromatic heterocycles. The first-order chi connectivity index (χ1) is 7.44. The van der Waals surface area contributed by atoms with E-state index in [1.54, 1.807) is 24.4 Å². The number of nitrogens with zero attached hydrogens (tertiary/aromatic N) is 1. The number of hydrogen-bond donors (Lipinski definition) is 0. The molecule has 88 valence electrons. The van der Waals surface area contributed by atoms with Crippen LogP contribution in [0.15, 0.2) is 24.4 Å². The highest BCUT2D eigenvalue weighted by atomic mass is 35.5. The highest BCUT2D eigenvalue weighted by molar-refractivity contribution is 6.19. The average molecular weight is 242 g/mol. The van der Waals surface area contributed by atoms with Crippen LogP contribution in [0.3, 0.4) is 0 Å². The molecule has 3 nitrogen and oxygen atoms in total. The Morgan fingerprint density at radius 1 is 1.56 bits per heavy atom. The molecule has 0 unspecified atom stereocenters. The minimum absolute atomic E-state index is 0.383. The minimum atomic E-state index is -0.491.